The first kappa shape index (κ1) is 14.8. The van der Waals surface area contributed by atoms with Crippen molar-refractivity contribution in [2.45, 2.75) is 13.3 Å². The van der Waals surface area contributed by atoms with E-state index >= 15 is 0 Å². The molecule has 2 N–H and O–H groups in total. The number of rotatable bonds is 4. The van der Waals surface area contributed by atoms with Gasteiger partial charge < -0.3 is 14.8 Å². The lowest BCUT2D eigenvalue weighted by Crippen LogP contribution is -2.11. The zero-order chi connectivity index (χ0) is 16.4. The minimum Gasteiger partial charge on any atom is -0.508 e. The van der Waals surface area contributed by atoms with Crippen LogP contribution in [0.2, 0.25) is 0 Å². The van der Waals surface area contributed by atoms with Gasteiger partial charge in [-0.1, -0.05) is 6.92 Å². The molecule has 3 aromatic rings. The van der Waals surface area contributed by atoms with Crippen molar-refractivity contribution in [1.82, 2.24) is 4.98 Å². The molecule has 2 aromatic heterocycles. The number of furan rings is 1. The Morgan fingerprint density at radius 1 is 1.22 bits per heavy atom. The highest BCUT2D eigenvalue weighted by Crippen LogP contribution is 2.22. The van der Waals surface area contributed by atoms with Gasteiger partial charge in [0.05, 0.1) is 11.9 Å². The Hall–Kier alpha value is -3.15. The highest BCUT2D eigenvalue weighted by molar-refractivity contribution is 6.05. The minimum atomic E-state index is -0.320. The van der Waals surface area contributed by atoms with E-state index in [0.29, 0.717) is 28.8 Å². The number of Topliss-reactive ketones (excluding diaryl/α,β-unsaturated/α-hetero) is 1. The van der Waals surface area contributed by atoms with Crippen LogP contribution < -0.4 is 5.32 Å². The van der Waals surface area contributed by atoms with Crippen molar-refractivity contribution in [3.8, 4) is 5.75 Å². The van der Waals surface area contributed by atoms with Crippen molar-refractivity contribution < 1.29 is 19.1 Å². The normalized spacial score (nSPS) is 10.7. The lowest BCUT2D eigenvalue weighted by atomic mass is 10.2. The first-order chi connectivity index (χ1) is 11.1. The first-order valence-electron chi connectivity index (χ1n) is 7.10. The number of hydrogen-bond donors (Lipinski definition) is 2. The number of aromatic nitrogens is 1. The number of carbonyl (C=O) groups is 2. The Morgan fingerprint density at radius 3 is 2.65 bits per heavy atom. The van der Waals surface area contributed by atoms with E-state index in [9.17, 15) is 14.7 Å². The van der Waals surface area contributed by atoms with Crippen LogP contribution in [0.3, 0.4) is 0 Å². The Bertz CT molecular complexity index is 881. The van der Waals surface area contributed by atoms with Gasteiger partial charge in [-0.15, -0.1) is 0 Å². The number of aromatic hydroxyl groups is 1. The molecule has 1 amide bonds. The van der Waals surface area contributed by atoms with Crippen LogP contribution in [0.5, 0.6) is 5.75 Å². The predicted octanol–water partition coefficient (Wildman–Crippen LogP) is 3.38. The molecule has 0 saturated carbocycles. The molecular weight excluding hydrogens is 296 g/mol. The molecule has 0 fully saturated rings. The summed E-state index contributed by atoms with van der Waals surface area (Å²) in [4.78, 5) is 27.9. The van der Waals surface area contributed by atoms with Gasteiger partial charge in [-0.25, -0.2) is 4.98 Å². The number of hydrogen-bond acceptors (Lipinski definition) is 5. The summed E-state index contributed by atoms with van der Waals surface area (Å²) in [7, 11) is 0. The smallest absolute Gasteiger partial charge is 0.255 e. The van der Waals surface area contributed by atoms with Crippen LogP contribution >= 0.6 is 0 Å². The molecule has 0 radical (unpaired) electrons. The predicted molar refractivity (Wildman–Crippen MR) is 84.7 cm³/mol. The lowest BCUT2D eigenvalue weighted by Gasteiger charge is -2.04. The summed E-state index contributed by atoms with van der Waals surface area (Å²) in [6.07, 6.45) is 1.81. The Morgan fingerprint density at radius 2 is 1.96 bits per heavy atom. The van der Waals surface area contributed by atoms with E-state index in [2.05, 4.69) is 10.3 Å². The van der Waals surface area contributed by atoms with Crippen molar-refractivity contribution in [2.75, 3.05) is 5.32 Å². The zero-order valence-corrected chi connectivity index (χ0v) is 12.4. The second-order valence-electron chi connectivity index (χ2n) is 5.01. The van der Waals surface area contributed by atoms with Crippen molar-refractivity contribution in [1.29, 1.82) is 0 Å². The van der Waals surface area contributed by atoms with Gasteiger partial charge in [0.1, 0.15) is 5.75 Å². The number of carbonyl (C=O) groups excluding carboxylic acids is 2. The van der Waals surface area contributed by atoms with E-state index in [1.165, 1.54) is 30.5 Å². The van der Waals surface area contributed by atoms with Crippen molar-refractivity contribution in [3.05, 3.63) is 53.9 Å². The third-order valence-electron chi connectivity index (χ3n) is 3.36. The third kappa shape index (κ3) is 3.06. The molecule has 0 aliphatic rings. The molecular formula is C17H14N2O4. The van der Waals surface area contributed by atoms with Crippen LogP contribution in [-0.2, 0) is 0 Å². The Balaban J connectivity index is 1.84. The summed E-state index contributed by atoms with van der Waals surface area (Å²) in [5.41, 5.74) is 1.26. The summed E-state index contributed by atoms with van der Waals surface area (Å²) in [5, 5.41) is 12.6. The number of phenolic OH excluding ortho intramolecular Hbond substituents is 1. The van der Waals surface area contributed by atoms with Gasteiger partial charge in [0, 0.05) is 17.4 Å². The number of fused-ring (bicyclic) bond motifs is 1. The number of nitrogens with one attached hydrogen (secondary N) is 1. The number of nitrogens with zero attached hydrogens (tertiary/aromatic N) is 1. The molecule has 6 nitrogen and oxygen atoms in total. The van der Waals surface area contributed by atoms with Crippen LogP contribution in [0.15, 0.2) is 47.0 Å². The summed E-state index contributed by atoms with van der Waals surface area (Å²) in [5.74, 6) is -0.0645. The zero-order valence-electron chi connectivity index (χ0n) is 12.4. The maximum absolute atomic E-state index is 12.1. The SMILES string of the molecule is CCC(=O)c1cc2cc(NC(=O)c3ccc(O)cc3)cnc2o1. The second kappa shape index (κ2) is 5.92. The molecule has 0 aliphatic heterocycles. The average molecular weight is 310 g/mol. The van der Waals surface area contributed by atoms with Gasteiger partial charge in [0.2, 0.25) is 5.71 Å². The fourth-order valence-corrected chi connectivity index (χ4v) is 2.13. The monoisotopic (exact) mass is 310 g/mol. The van der Waals surface area contributed by atoms with Gasteiger partial charge in [-0.2, -0.15) is 0 Å². The summed E-state index contributed by atoms with van der Waals surface area (Å²) in [6.45, 7) is 1.76. The van der Waals surface area contributed by atoms with Crippen molar-refractivity contribution in [3.63, 3.8) is 0 Å². The topological polar surface area (TPSA) is 92.4 Å². The van der Waals surface area contributed by atoms with E-state index < -0.39 is 0 Å². The molecule has 0 unspecified atom stereocenters. The van der Waals surface area contributed by atoms with E-state index in [1.807, 2.05) is 0 Å². The molecule has 0 saturated heterocycles. The van der Waals surface area contributed by atoms with Gasteiger partial charge in [0.25, 0.3) is 5.91 Å². The molecule has 23 heavy (non-hydrogen) atoms. The highest BCUT2D eigenvalue weighted by Gasteiger charge is 2.12. The van der Waals surface area contributed by atoms with Crippen LogP contribution in [0.1, 0.15) is 34.3 Å². The number of ketones is 1. The molecule has 0 atom stereocenters. The molecule has 0 spiro atoms. The van der Waals surface area contributed by atoms with Gasteiger partial charge in [-0.3, -0.25) is 9.59 Å². The van der Waals surface area contributed by atoms with E-state index in [4.69, 9.17) is 4.42 Å². The maximum atomic E-state index is 12.1. The van der Waals surface area contributed by atoms with E-state index in [-0.39, 0.29) is 23.2 Å². The van der Waals surface area contributed by atoms with Crippen LogP contribution in [0.25, 0.3) is 11.1 Å². The van der Waals surface area contributed by atoms with Crippen LogP contribution in [0.4, 0.5) is 5.69 Å². The number of pyridine rings is 1. The summed E-state index contributed by atoms with van der Waals surface area (Å²) >= 11 is 0. The molecule has 0 bridgehead atoms. The Kier molecular flexibility index (Phi) is 3.80. The molecule has 6 heteroatoms. The third-order valence-corrected chi connectivity index (χ3v) is 3.36. The molecule has 0 aliphatic carbocycles. The van der Waals surface area contributed by atoms with Gasteiger partial charge >= 0.3 is 0 Å². The van der Waals surface area contributed by atoms with E-state index in [0.717, 1.165) is 0 Å². The maximum Gasteiger partial charge on any atom is 0.255 e. The fraction of sp³-hybridized carbons (Fsp3) is 0.118. The lowest BCUT2D eigenvalue weighted by molar-refractivity contribution is 0.0962. The number of amides is 1. The van der Waals surface area contributed by atoms with Gasteiger partial charge in [-0.05, 0) is 36.4 Å². The largest absolute Gasteiger partial charge is 0.508 e. The quantitative estimate of drug-likeness (QED) is 0.721. The summed E-state index contributed by atoms with van der Waals surface area (Å²) in [6, 6.07) is 9.23. The van der Waals surface area contributed by atoms with E-state index in [1.54, 1.807) is 19.1 Å². The number of phenols is 1. The number of benzene rings is 1. The average Bonchev–Trinajstić information content (AvgIpc) is 2.98. The molecule has 3 rings (SSSR count). The summed E-state index contributed by atoms with van der Waals surface area (Å²) < 4.78 is 5.38. The van der Waals surface area contributed by atoms with Crippen LogP contribution in [-0.4, -0.2) is 21.8 Å². The van der Waals surface area contributed by atoms with Crippen molar-refractivity contribution in [2.24, 2.45) is 0 Å². The van der Waals surface area contributed by atoms with Gasteiger partial charge in [0.15, 0.2) is 11.5 Å². The van der Waals surface area contributed by atoms with Crippen LogP contribution in [0, 0.1) is 0 Å². The first-order valence-corrected chi connectivity index (χ1v) is 7.10. The highest BCUT2D eigenvalue weighted by atomic mass is 16.4. The minimum absolute atomic E-state index is 0.0937. The number of anilines is 1. The molecule has 116 valence electrons. The molecule has 1 aromatic carbocycles. The van der Waals surface area contributed by atoms with Crippen molar-refractivity contribution >= 4 is 28.5 Å². The Labute approximate surface area is 131 Å². The second-order valence-corrected chi connectivity index (χ2v) is 5.01. The standard InChI is InChI=1S/C17H14N2O4/c1-2-14(21)15-8-11-7-12(9-18-17(11)23-15)19-16(22)10-3-5-13(20)6-4-10/h3-9,20H,2H2,1H3,(H,19,22). The fourth-order valence-electron chi connectivity index (χ4n) is 2.13. The molecule has 2 heterocycles.